The van der Waals surface area contributed by atoms with Crippen molar-refractivity contribution in [3.05, 3.63) is 56.2 Å². The summed E-state index contributed by atoms with van der Waals surface area (Å²) in [5, 5.41) is 6.04. The van der Waals surface area contributed by atoms with Gasteiger partial charge in [-0.1, -0.05) is 29.3 Å². The molecule has 2 aliphatic rings. The van der Waals surface area contributed by atoms with E-state index >= 15 is 0 Å². The summed E-state index contributed by atoms with van der Waals surface area (Å²) in [5.41, 5.74) is 0.352. The quantitative estimate of drug-likeness (QED) is 0.653. The Morgan fingerprint density at radius 1 is 1.13 bits per heavy atom. The summed E-state index contributed by atoms with van der Waals surface area (Å²) in [6.07, 6.45) is 3.74. The van der Waals surface area contributed by atoms with E-state index in [1.54, 1.807) is 34.4 Å². The topological polar surface area (TPSA) is 52.7 Å². The van der Waals surface area contributed by atoms with E-state index < -0.39 is 6.04 Å². The second kappa shape index (κ2) is 10.3. The molecule has 0 aliphatic carbocycles. The van der Waals surface area contributed by atoms with Crippen molar-refractivity contribution in [2.45, 2.75) is 38.3 Å². The zero-order valence-corrected chi connectivity index (χ0v) is 19.7. The molecular formula is C23H27Cl2N3O2S. The van der Waals surface area contributed by atoms with Crippen molar-refractivity contribution in [2.24, 2.45) is 5.92 Å². The molecule has 4 rings (SSSR count). The van der Waals surface area contributed by atoms with E-state index in [1.807, 2.05) is 0 Å². The van der Waals surface area contributed by atoms with Gasteiger partial charge in [0.15, 0.2) is 0 Å². The number of carbonyl (C=O) groups excluding carboxylic acids is 2. The average molecular weight is 480 g/mol. The van der Waals surface area contributed by atoms with Gasteiger partial charge in [0, 0.05) is 36.1 Å². The standard InChI is InChI=1S/C23H27Cl2N3O2S/c24-17-7-8-20(25)19(12-17)23(30)28-10-2-6-21(28)22(29)26-13-16-4-1-9-27(14-16)15-18-5-3-11-31-18/h3,5,7-8,11-12,16,21H,1-2,4,6,9-10,13-15H2,(H,26,29). The number of nitrogens with zero attached hydrogens (tertiary/aromatic N) is 2. The summed E-state index contributed by atoms with van der Waals surface area (Å²) >= 11 is 14.0. The van der Waals surface area contributed by atoms with Crippen LogP contribution in [0.3, 0.4) is 0 Å². The smallest absolute Gasteiger partial charge is 0.256 e. The lowest BCUT2D eigenvalue weighted by Gasteiger charge is -2.33. The first kappa shape index (κ1) is 22.6. The highest BCUT2D eigenvalue weighted by Gasteiger charge is 2.35. The normalized spacial score (nSPS) is 21.9. The van der Waals surface area contributed by atoms with E-state index in [-0.39, 0.29) is 11.8 Å². The maximum absolute atomic E-state index is 13.0. The van der Waals surface area contributed by atoms with E-state index in [0.717, 1.165) is 38.9 Å². The minimum absolute atomic E-state index is 0.0700. The van der Waals surface area contributed by atoms with Crippen LogP contribution in [0.5, 0.6) is 0 Å². The van der Waals surface area contributed by atoms with E-state index in [1.165, 1.54) is 4.88 Å². The highest BCUT2D eigenvalue weighted by Crippen LogP contribution is 2.27. The van der Waals surface area contributed by atoms with Crippen LogP contribution >= 0.6 is 34.5 Å². The summed E-state index contributed by atoms with van der Waals surface area (Å²) in [6.45, 7) is 4.28. The van der Waals surface area contributed by atoms with Gasteiger partial charge in [0.1, 0.15) is 6.04 Å². The van der Waals surface area contributed by atoms with Crippen LogP contribution in [0.2, 0.25) is 10.0 Å². The van der Waals surface area contributed by atoms with E-state index in [4.69, 9.17) is 23.2 Å². The van der Waals surface area contributed by atoms with Crippen LogP contribution in [0.25, 0.3) is 0 Å². The monoisotopic (exact) mass is 479 g/mol. The van der Waals surface area contributed by atoms with Gasteiger partial charge in [-0.25, -0.2) is 0 Å². The molecule has 1 aromatic heterocycles. The molecule has 5 nitrogen and oxygen atoms in total. The largest absolute Gasteiger partial charge is 0.354 e. The first-order chi connectivity index (χ1) is 15.0. The lowest BCUT2D eigenvalue weighted by molar-refractivity contribution is -0.125. The Hall–Kier alpha value is -1.60. The van der Waals surface area contributed by atoms with Gasteiger partial charge in [0.2, 0.25) is 5.91 Å². The molecule has 0 radical (unpaired) electrons. The molecule has 2 saturated heterocycles. The van der Waals surface area contributed by atoms with E-state index in [2.05, 4.69) is 27.7 Å². The maximum atomic E-state index is 13.0. The lowest BCUT2D eigenvalue weighted by Crippen LogP contribution is -2.48. The Balaban J connectivity index is 1.32. The SMILES string of the molecule is O=C(NCC1CCCN(Cc2cccs2)C1)C1CCCN1C(=O)c1cc(Cl)ccc1Cl. The highest BCUT2D eigenvalue weighted by molar-refractivity contribution is 7.09. The minimum atomic E-state index is -0.451. The molecule has 0 spiro atoms. The fourth-order valence-electron chi connectivity index (χ4n) is 4.55. The van der Waals surface area contributed by atoms with Gasteiger partial charge in [-0.3, -0.25) is 14.5 Å². The van der Waals surface area contributed by atoms with Crippen LogP contribution in [-0.4, -0.2) is 53.8 Å². The van der Waals surface area contributed by atoms with Gasteiger partial charge in [-0.05, 0) is 67.8 Å². The molecule has 3 heterocycles. The number of likely N-dealkylation sites (tertiary alicyclic amines) is 2. The predicted molar refractivity (Wildman–Crippen MR) is 126 cm³/mol. The van der Waals surface area contributed by atoms with Crippen molar-refractivity contribution < 1.29 is 9.59 Å². The molecule has 2 atom stereocenters. The van der Waals surface area contributed by atoms with Gasteiger partial charge >= 0.3 is 0 Å². The Morgan fingerprint density at radius 3 is 2.77 bits per heavy atom. The summed E-state index contributed by atoms with van der Waals surface area (Å²) < 4.78 is 0. The van der Waals surface area contributed by atoms with Crippen molar-refractivity contribution in [3.63, 3.8) is 0 Å². The molecule has 31 heavy (non-hydrogen) atoms. The molecule has 2 amide bonds. The van der Waals surface area contributed by atoms with Gasteiger partial charge in [-0.15, -0.1) is 11.3 Å². The maximum Gasteiger partial charge on any atom is 0.256 e. The van der Waals surface area contributed by atoms with Crippen LogP contribution in [0, 0.1) is 5.92 Å². The Labute approximate surface area is 197 Å². The summed E-state index contributed by atoms with van der Waals surface area (Å²) in [6, 6.07) is 8.66. The number of rotatable bonds is 6. The van der Waals surface area contributed by atoms with Crippen LogP contribution in [-0.2, 0) is 11.3 Å². The summed E-state index contributed by atoms with van der Waals surface area (Å²) in [7, 11) is 0. The van der Waals surface area contributed by atoms with Crippen molar-refractivity contribution >= 4 is 46.4 Å². The second-order valence-electron chi connectivity index (χ2n) is 8.35. The van der Waals surface area contributed by atoms with Crippen molar-refractivity contribution in [3.8, 4) is 0 Å². The Morgan fingerprint density at radius 2 is 1.97 bits per heavy atom. The molecule has 1 aromatic carbocycles. The van der Waals surface area contributed by atoms with Gasteiger partial charge in [-0.2, -0.15) is 0 Å². The van der Waals surface area contributed by atoms with Crippen LogP contribution in [0.1, 0.15) is 40.9 Å². The average Bonchev–Trinajstić information content (AvgIpc) is 3.46. The van der Waals surface area contributed by atoms with Gasteiger partial charge in [0.05, 0.1) is 10.6 Å². The molecule has 2 unspecified atom stereocenters. The minimum Gasteiger partial charge on any atom is -0.354 e. The molecule has 8 heteroatoms. The van der Waals surface area contributed by atoms with Crippen molar-refractivity contribution in [1.82, 2.24) is 15.1 Å². The number of nitrogens with one attached hydrogen (secondary N) is 1. The molecule has 2 aromatic rings. The molecule has 2 fully saturated rings. The van der Waals surface area contributed by atoms with Crippen molar-refractivity contribution in [2.75, 3.05) is 26.2 Å². The Kier molecular flexibility index (Phi) is 7.54. The third-order valence-electron chi connectivity index (χ3n) is 6.10. The van der Waals surface area contributed by atoms with Crippen LogP contribution in [0.4, 0.5) is 0 Å². The number of thiophene rings is 1. The van der Waals surface area contributed by atoms with Gasteiger partial charge in [0.25, 0.3) is 5.91 Å². The third kappa shape index (κ3) is 5.61. The van der Waals surface area contributed by atoms with E-state index in [9.17, 15) is 9.59 Å². The second-order valence-corrected chi connectivity index (χ2v) is 10.2. The molecular weight excluding hydrogens is 453 g/mol. The number of piperidine rings is 1. The molecule has 166 valence electrons. The first-order valence-corrected chi connectivity index (χ1v) is 12.4. The lowest BCUT2D eigenvalue weighted by atomic mass is 9.97. The first-order valence-electron chi connectivity index (χ1n) is 10.8. The zero-order valence-electron chi connectivity index (χ0n) is 17.4. The van der Waals surface area contributed by atoms with Crippen LogP contribution < -0.4 is 5.32 Å². The number of amides is 2. The zero-order chi connectivity index (χ0) is 21.8. The number of carbonyl (C=O) groups is 2. The summed E-state index contributed by atoms with van der Waals surface area (Å²) in [5.74, 6) is 0.134. The van der Waals surface area contributed by atoms with Crippen molar-refractivity contribution in [1.29, 1.82) is 0 Å². The number of hydrogen-bond donors (Lipinski definition) is 1. The van der Waals surface area contributed by atoms with E-state index in [0.29, 0.717) is 41.0 Å². The predicted octanol–water partition coefficient (Wildman–Crippen LogP) is 4.69. The number of halogens is 2. The Bertz CT molecular complexity index is 922. The molecule has 2 aliphatic heterocycles. The number of hydrogen-bond acceptors (Lipinski definition) is 4. The third-order valence-corrected chi connectivity index (χ3v) is 7.53. The molecule has 0 bridgehead atoms. The fraction of sp³-hybridized carbons (Fsp3) is 0.478. The summed E-state index contributed by atoms with van der Waals surface area (Å²) in [4.78, 5) is 31.5. The number of benzene rings is 1. The highest BCUT2D eigenvalue weighted by atomic mass is 35.5. The molecule has 1 N–H and O–H groups in total. The fourth-order valence-corrected chi connectivity index (χ4v) is 5.66. The van der Waals surface area contributed by atoms with Crippen LogP contribution in [0.15, 0.2) is 35.7 Å². The van der Waals surface area contributed by atoms with Gasteiger partial charge < -0.3 is 10.2 Å². The molecule has 0 saturated carbocycles.